The molecule has 0 saturated heterocycles. The van der Waals surface area contributed by atoms with E-state index in [2.05, 4.69) is 9.98 Å². The molecule has 0 amide bonds. The number of rotatable bonds is 3. The van der Waals surface area contributed by atoms with Crippen molar-refractivity contribution in [2.24, 2.45) is 16.6 Å². The first kappa shape index (κ1) is 12.0. The number of nitrogens with zero attached hydrogens (tertiary/aromatic N) is 3. The fourth-order valence-electron chi connectivity index (χ4n) is 1.50. The Hall–Kier alpha value is -2.47. The van der Waals surface area contributed by atoms with Gasteiger partial charge in [-0.25, -0.2) is 15.8 Å². The maximum Gasteiger partial charge on any atom is 0.155 e. The number of hydrogen-bond donors (Lipinski definition) is 2. The Kier molecular flexibility index (Phi) is 3.49. The molecule has 2 heterocycles. The van der Waals surface area contributed by atoms with Gasteiger partial charge in [0.05, 0.1) is 5.57 Å². The number of carbonyl (C=O) groups excluding carboxylic acids is 1. The van der Waals surface area contributed by atoms with Crippen LogP contribution in [0.25, 0.3) is 0 Å². The Balaban J connectivity index is 2.15. The minimum absolute atomic E-state index is 0.195. The predicted molar refractivity (Wildman–Crippen MR) is 67.8 cm³/mol. The van der Waals surface area contributed by atoms with Gasteiger partial charge in [-0.3, -0.25) is 9.78 Å². The predicted octanol–water partition coefficient (Wildman–Crippen LogP) is 0.0948. The molecule has 0 fully saturated rings. The summed E-state index contributed by atoms with van der Waals surface area (Å²) in [5.74, 6) is 6.45. The number of aromatic nitrogens is 1. The summed E-state index contributed by atoms with van der Waals surface area (Å²) in [5, 5.41) is 1.20. The van der Waals surface area contributed by atoms with Crippen molar-refractivity contribution in [3.05, 3.63) is 53.4 Å². The van der Waals surface area contributed by atoms with Gasteiger partial charge in [0.1, 0.15) is 11.6 Å². The summed E-state index contributed by atoms with van der Waals surface area (Å²) in [6.45, 7) is 0. The zero-order valence-corrected chi connectivity index (χ0v) is 9.65. The Bertz CT molecular complexity index is 533. The molecule has 6 nitrogen and oxygen atoms in total. The standard InChI is InChI=1S/C12H13N5O/c13-12-10(8-18)7-16-11(17(12)14)2-1-9-3-5-15-6-4-9/h2-8H,1,13-14H2/b11-2-. The molecule has 4 N–H and O–H groups in total. The fraction of sp³-hybridized carbons (Fsp3) is 0.0833. The molecule has 0 radical (unpaired) electrons. The molecule has 0 bridgehead atoms. The van der Waals surface area contributed by atoms with Crippen LogP contribution in [0.2, 0.25) is 0 Å². The molecule has 1 aliphatic rings. The number of carbonyl (C=O) groups is 1. The van der Waals surface area contributed by atoms with Crippen LogP contribution in [0.1, 0.15) is 5.56 Å². The van der Waals surface area contributed by atoms with Crippen molar-refractivity contribution < 1.29 is 4.79 Å². The second kappa shape index (κ2) is 5.24. The van der Waals surface area contributed by atoms with Crippen LogP contribution in [0.4, 0.5) is 0 Å². The van der Waals surface area contributed by atoms with Crippen LogP contribution in [-0.4, -0.2) is 22.5 Å². The number of hydrogen-bond acceptors (Lipinski definition) is 6. The zero-order valence-electron chi connectivity index (χ0n) is 9.65. The largest absolute Gasteiger partial charge is 0.383 e. The smallest absolute Gasteiger partial charge is 0.155 e. The third kappa shape index (κ3) is 2.44. The maximum absolute atomic E-state index is 10.7. The summed E-state index contributed by atoms with van der Waals surface area (Å²) in [6.07, 6.45) is 7.96. The molecule has 1 aromatic heterocycles. The molecule has 0 atom stereocenters. The van der Waals surface area contributed by atoms with Crippen molar-refractivity contribution in [3.8, 4) is 0 Å². The molecule has 1 aliphatic heterocycles. The van der Waals surface area contributed by atoms with Crippen LogP contribution in [0.3, 0.4) is 0 Å². The van der Waals surface area contributed by atoms with E-state index in [0.717, 1.165) is 5.56 Å². The second-order valence-corrected chi connectivity index (χ2v) is 3.71. The molecule has 0 saturated carbocycles. The van der Waals surface area contributed by atoms with E-state index in [1.54, 1.807) is 12.4 Å². The Morgan fingerprint density at radius 3 is 2.72 bits per heavy atom. The lowest BCUT2D eigenvalue weighted by Crippen LogP contribution is -2.36. The molecule has 18 heavy (non-hydrogen) atoms. The molecular weight excluding hydrogens is 230 g/mol. The molecule has 0 aromatic carbocycles. The van der Waals surface area contributed by atoms with Crippen LogP contribution in [0.15, 0.2) is 52.8 Å². The van der Waals surface area contributed by atoms with E-state index in [0.29, 0.717) is 18.5 Å². The highest BCUT2D eigenvalue weighted by Crippen LogP contribution is 2.14. The van der Waals surface area contributed by atoms with E-state index in [1.807, 2.05) is 18.2 Å². The summed E-state index contributed by atoms with van der Waals surface area (Å²) < 4.78 is 0. The molecule has 92 valence electrons. The topological polar surface area (TPSA) is 97.6 Å². The van der Waals surface area contributed by atoms with Crippen LogP contribution in [0.5, 0.6) is 0 Å². The number of nitrogens with two attached hydrogens (primary N) is 2. The highest BCUT2D eigenvalue weighted by molar-refractivity contribution is 6.03. The van der Waals surface area contributed by atoms with Crippen molar-refractivity contribution in [1.82, 2.24) is 9.99 Å². The first-order valence-electron chi connectivity index (χ1n) is 5.35. The van der Waals surface area contributed by atoms with Gasteiger partial charge in [-0.2, -0.15) is 0 Å². The van der Waals surface area contributed by atoms with E-state index in [9.17, 15) is 4.79 Å². The molecule has 1 aromatic rings. The summed E-state index contributed by atoms with van der Waals surface area (Å²) in [6, 6.07) is 3.81. The summed E-state index contributed by atoms with van der Waals surface area (Å²) in [5.41, 5.74) is 7.06. The van der Waals surface area contributed by atoms with E-state index in [4.69, 9.17) is 11.6 Å². The highest BCUT2D eigenvalue weighted by Gasteiger charge is 2.15. The first-order chi connectivity index (χ1) is 8.72. The van der Waals surface area contributed by atoms with Gasteiger partial charge >= 0.3 is 0 Å². The monoisotopic (exact) mass is 243 g/mol. The van der Waals surface area contributed by atoms with Gasteiger partial charge in [0.25, 0.3) is 0 Å². The normalized spacial score (nSPS) is 17.4. The third-order valence-corrected chi connectivity index (χ3v) is 2.53. The molecule has 2 rings (SSSR count). The van der Waals surface area contributed by atoms with Crippen molar-refractivity contribution in [1.29, 1.82) is 0 Å². The Labute approximate surface area is 104 Å². The van der Waals surface area contributed by atoms with Crippen molar-refractivity contribution >= 4 is 12.5 Å². The van der Waals surface area contributed by atoms with E-state index >= 15 is 0 Å². The number of hydrazine groups is 1. The highest BCUT2D eigenvalue weighted by atomic mass is 16.1. The van der Waals surface area contributed by atoms with E-state index in [1.165, 1.54) is 11.2 Å². The van der Waals surface area contributed by atoms with Gasteiger partial charge in [-0.15, -0.1) is 0 Å². The summed E-state index contributed by atoms with van der Waals surface area (Å²) >= 11 is 0. The average molecular weight is 243 g/mol. The maximum atomic E-state index is 10.7. The minimum Gasteiger partial charge on any atom is -0.383 e. The molecule has 6 heteroatoms. The Morgan fingerprint density at radius 1 is 1.33 bits per heavy atom. The average Bonchev–Trinajstić information content (AvgIpc) is 2.42. The van der Waals surface area contributed by atoms with Gasteiger partial charge in [-0.05, 0) is 30.2 Å². The van der Waals surface area contributed by atoms with E-state index in [-0.39, 0.29) is 11.4 Å². The first-order valence-corrected chi connectivity index (χ1v) is 5.35. The minimum atomic E-state index is 0.195. The van der Waals surface area contributed by atoms with Crippen LogP contribution < -0.4 is 11.6 Å². The SMILES string of the molecule is NC1=C(C=O)C=N/C(=C/Cc2ccncc2)N1N. The zero-order chi connectivity index (χ0) is 13.0. The van der Waals surface area contributed by atoms with Gasteiger partial charge in [0, 0.05) is 18.6 Å². The van der Waals surface area contributed by atoms with Crippen molar-refractivity contribution in [3.63, 3.8) is 0 Å². The van der Waals surface area contributed by atoms with E-state index < -0.39 is 0 Å². The molecule has 0 unspecified atom stereocenters. The number of pyridine rings is 1. The summed E-state index contributed by atoms with van der Waals surface area (Å²) in [4.78, 5) is 18.7. The number of aldehydes is 1. The van der Waals surface area contributed by atoms with Gasteiger partial charge < -0.3 is 5.73 Å². The van der Waals surface area contributed by atoms with Crippen LogP contribution >= 0.6 is 0 Å². The molecule has 0 aliphatic carbocycles. The fourth-order valence-corrected chi connectivity index (χ4v) is 1.50. The lowest BCUT2D eigenvalue weighted by Gasteiger charge is -2.22. The number of aliphatic imine (C=N–C) groups is 1. The summed E-state index contributed by atoms with van der Waals surface area (Å²) in [7, 11) is 0. The van der Waals surface area contributed by atoms with Gasteiger partial charge in [0.2, 0.25) is 0 Å². The van der Waals surface area contributed by atoms with Crippen molar-refractivity contribution in [2.75, 3.05) is 0 Å². The number of allylic oxidation sites excluding steroid dienone is 2. The molecular formula is C12H13N5O. The lowest BCUT2D eigenvalue weighted by molar-refractivity contribution is -0.104. The second-order valence-electron chi connectivity index (χ2n) is 3.71. The van der Waals surface area contributed by atoms with Crippen molar-refractivity contribution in [2.45, 2.75) is 6.42 Å². The van der Waals surface area contributed by atoms with Gasteiger partial charge in [-0.1, -0.05) is 0 Å². The van der Waals surface area contributed by atoms with Gasteiger partial charge in [0.15, 0.2) is 6.29 Å². The Morgan fingerprint density at radius 2 is 2.06 bits per heavy atom. The lowest BCUT2D eigenvalue weighted by atomic mass is 10.2. The quantitative estimate of drug-likeness (QED) is 0.579. The molecule has 0 spiro atoms. The third-order valence-electron chi connectivity index (χ3n) is 2.53. The van der Waals surface area contributed by atoms with Crippen LogP contribution in [-0.2, 0) is 11.2 Å². The van der Waals surface area contributed by atoms with Crippen LogP contribution in [0, 0.1) is 0 Å².